The number of rotatable bonds is 2. The summed E-state index contributed by atoms with van der Waals surface area (Å²) in [6.07, 6.45) is 5.55. The maximum absolute atomic E-state index is 11.4. The molecule has 2 rings (SSSR count). The van der Waals surface area contributed by atoms with E-state index in [0.29, 0.717) is 17.8 Å². The van der Waals surface area contributed by atoms with Gasteiger partial charge in [-0.3, -0.25) is 0 Å². The third kappa shape index (κ3) is 1.98. The second kappa shape index (κ2) is 3.73. The highest BCUT2D eigenvalue weighted by Crippen LogP contribution is 2.37. The van der Waals surface area contributed by atoms with Crippen molar-refractivity contribution in [1.82, 2.24) is 0 Å². The molecule has 0 radical (unpaired) electrons. The smallest absolute Gasteiger partial charge is 0.333 e. The molecule has 0 spiro atoms. The van der Waals surface area contributed by atoms with Gasteiger partial charge in [0.1, 0.15) is 6.10 Å². The van der Waals surface area contributed by atoms with Crippen LogP contribution in [0.2, 0.25) is 0 Å². The zero-order valence-electron chi connectivity index (χ0n) is 8.66. The van der Waals surface area contributed by atoms with E-state index in [1.807, 2.05) is 6.92 Å². The molecule has 3 unspecified atom stereocenters. The molecule has 2 fully saturated rings. The molecule has 0 aromatic rings. The Kier molecular flexibility index (Phi) is 2.59. The van der Waals surface area contributed by atoms with E-state index in [9.17, 15) is 4.79 Å². The van der Waals surface area contributed by atoms with Crippen LogP contribution in [-0.4, -0.2) is 24.3 Å². The van der Waals surface area contributed by atoms with Gasteiger partial charge in [0.2, 0.25) is 0 Å². The topological polar surface area (TPSA) is 38.8 Å². The fourth-order valence-electron chi connectivity index (χ4n) is 1.84. The first kappa shape index (κ1) is 9.71. The number of carbonyl (C=O) groups excluding carboxylic acids is 1. The molecule has 3 nitrogen and oxygen atoms in total. The lowest BCUT2D eigenvalue weighted by Gasteiger charge is -2.19. The summed E-state index contributed by atoms with van der Waals surface area (Å²) >= 11 is 0. The molecule has 0 bridgehead atoms. The first-order valence-corrected chi connectivity index (χ1v) is 5.20. The summed E-state index contributed by atoms with van der Waals surface area (Å²) in [5.41, 5.74) is 0.684. The molecule has 78 valence electrons. The van der Waals surface area contributed by atoms with E-state index >= 15 is 0 Å². The van der Waals surface area contributed by atoms with Crippen LogP contribution in [0.4, 0.5) is 0 Å². The number of carbonyl (C=O) groups is 1. The Balaban J connectivity index is 1.82. The Bertz CT molecular complexity index is 270. The quantitative estimate of drug-likeness (QED) is 0.384. The van der Waals surface area contributed by atoms with Gasteiger partial charge in [-0.05, 0) is 26.7 Å². The van der Waals surface area contributed by atoms with Crippen molar-refractivity contribution >= 4 is 5.97 Å². The van der Waals surface area contributed by atoms with Gasteiger partial charge in [-0.15, -0.1) is 0 Å². The molecule has 1 aliphatic heterocycles. The maximum Gasteiger partial charge on any atom is 0.333 e. The van der Waals surface area contributed by atoms with Crippen LogP contribution in [0, 0.1) is 0 Å². The lowest BCUT2D eigenvalue weighted by atomic mass is 9.98. The molecule has 1 aliphatic carbocycles. The van der Waals surface area contributed by atoms with E-state index in [4.69, 9.17) is 9.47 Å². The summed E-state index contributed by atoms with van der Waals surface area (Å²) in [6, 6.07) is 0. The lowest BCUT2D eigenvalue weighted by Crippen LogP contribution is -2.24. The Morgan fingerprint density at radius 1 is 1.43 bits per heavy atom. The van der Waals surface area contributed by atoms with Crippen LogP contribution < -0.4 is 0 Å². The summed E-state index contributed by atoms with van der Waals surface area (Å²) in [5, 5.41) is 0. The average Bonchev–Trinajstić information content (AvgIpc) is 2.94. The van der Waals surface area contributed by atoms with Gasteiger partial charge in [0.25, 0.3) is 0 Å². The van der Waals surface area contributed by atoms with E-state index in [1.165, 1.54) is 0 Å². The number of hydrogen-bond donors (Lipinski definition) is 0. The van der Waals surface area contributed by atoms with E-state index in [2.05, 4.69) is 0 Å². The Morgan fingerprint density at radius 3 is 2.86 bits per heavy atom. The highest BCUT2D eigenvalue weighted by atomic mass is 16.6. The third-order valence-corrected chi connectivity index (χ3v) is 2.98. The van der Waals surface area contributed by atoms with E-state index < -0.39 is 0 Å². The summed E-state index contributed by atoms with van der Waals surface area (Å²) in [7, 11) is 0. The summed E-state index contributed by atoms with van der Waals surface area (Å²) < 4.78 is 10.7. The molecule has 1 saturated carbocycles. The van der Waals surface area contributed by atoms with Crippen LogP contribution >= 0.6 is 0 Å². The molecule has 0 aromatic carbocycles. The second-order valence-electron chi connectivity index (χ2n) is 4.03. The predicted molar refractivity (Wildman–Crippen MR) is 51.8 cm³/mol. The van der Waals surface area contributed by atoms with Gasteiger partial charge in [0.05, 0.1) is 12.2 Å². The van der Waals surface area contributed by atoms with E-state index in [0.717, 1.165) is 19.3 Å². The van der Waals surface area contributed by atoms with Crippen molar-refractivity contribution in [3.05, 3.63) is 11.6 Å². The van der Waals surface area contributed by atoms with Crippen LogP contribution in [0.5, 0.6) is 0 Å². The minimum Gasteiger partial charge on any atom is -0.459 e. The Hall–Kier alpha value is -0.830. The minimum atomic E-state index is -0.184. The molecular weight excluding hydrogens is 180 g/mol. The fourth-order valence-corrected chi connectivity index (χ4v) is 1.84. The molecule has 2 aliphatic rings. The van der Waals surface area contributed by atoms with Gasteiger partial charge >= 0.3 is 5.97 Å². The van der Waals surface area contributed by atoms with E-state index in [-0.39, 0.29) is 12.1 Å². The van der Waals surface area contributed by atoms with Gasteiger partial charge in [-0.2, -0.15) is 0 Å². The monoisotopic (exact) mass is 196 g/mol. The molecule has 0 amide bonds. The molecule has 1 heterocycles. The molecule has 0 N–H and O–H groups in total. The summed E-state index contributed by atoms with van der Waals surface area (Å²) in [5.74, 6) is -0.184. The van der Waals surface area contributed by atoms with Gasteiger partial charge in [-0.25, -0.2) is 4.79 Å². The molecular formula is C11H16O3. The van der Waals surface area contributed by atoms with Gasteiger partial charge in [0.15, 0.2) is 0 Å². The number of fused-ring (bicyclic) bond motifs is 1. The van der Waals surface area contributed by atoms with Crippen molar-refractivity contribution in [2.75, 3.05) is 0 Å². The van der Waals surface area contributed by atoms with Crippen LogP contribution in [-0.2, 0) is 14.3 Å². The van der Waals surface area contributed by atoms with Crippen molar-refractivity contribution in [2.24, 2.45) is 0 Å². The van der Waals surface area contributed by atoms with Crippen LogP contribution in [0.25, 0.3) is 0 Å². The molecule has 3 atom stereocenters. The molecule has 14 heavy (non-hydrogen) atoms. The number of ether oxygens (including phenoxy) is 2. The van der Waals surface area contributed by atoms with E-state index in [1.54, 1.807) is 13.0 Å². The lowest BCUT2D eigenvalue weighted by molar-refractivity contribution is -0.145. The summed E-state index contributed by atoms with van der Waals surface area (Å²) in [4.78, 5) is 11.4. The van der Waals surface area contributed by atoms with Crippen molar-refractivity contribution in [3.63, 3.8) is 0 Å². The van der Waals surface area contributed by atoms with Crippen LogP contribution in [0.15, 0.2) is 11.6 Å². The minimum absolute atomic E-state index is 0.0705. The van der Waals surface area contributed by atoms with Gasteiger partial charge in [0, 0.05) is 12.0 Å². The first-order chi connectivity index (χ1) is 6.70. The number of epoxide rings is 1. The van der Waals surface area contributed by atoms with Gasteiger partial charge < -0.3 is 9.47 Å². The zero-order valence-corrected chi connectivity index (χ0v) is 8.66. The summed E-state index contributed by atoms with van der Waals surface area (Å²) in [6.45, 7) is 3.62. The third-order valence-electron chi connectivity index (χ3n) is 2.98. The Morgan fingerprint density at radius 2 is 2.21 bits per heavy atom. The molecule has 0 aromatic heterocycles. The molecule has 3 heteroatoms. The van der Waals surface area contributed by atoms with Gasteiger partial charge in [-0.1, -0.05) is 6.08 Å². The number of allylic oxidation sites excluding steroid dienone is 1. The Labute approximate surface area is 84.1 Å². The standard InChI is InChI=1S/C11H16O3/c1-3-7(2)11(12)13-8-4-5-9-10(6-8)14-9/h3,8-10H,4-6H2,1-2H3. The highest BCUT2D eigenvalue weighted by Gasteiger charge is 2.44. The highest BCUT2D eigenvalue weighted by molar-refractivity contribution is 5.87. The van der Waals surface area contributed by atoms with Crippen LogP contribution in [0.1, 0.15) is 33.1 Å². The van der Waals surface area contributed by atoms with Crippen molar-refractivity contribution in [3.8, 4) is 0 Å². The maximum atomic E-state index is 11.4. The van der Waals surface area contributed by atoms with Crippen molar-refractivity contribution in [2.45, 2.75) is 51.4 Å². The largest absolute Gasteiger partial charge is 0.459 e. The zero-order chi connectivity index (χ0) is 10.1. The predicted octanol–water partition coefficient (Wildman–Crippen LogP) is 1.82. The van der Waals surface area contributed by atoms with Crippen LogP contribution in [0.3, 0.4) is 0 Å². The SMILES string of the molecule is CC=C(C)C(=O)OC1CCC2OC2C1. The fraction of sp³-hybridized carbons (Fsp3) is 0.727. The first-order valence-electron chi connectivity index (χ1n) is 5.20. The van der Waals surface area contributed by atoms with Crippen molar-refractivity contribution < 1.29 is 14.3 Å². The van der Waals surface area contributed by atoms with Crippen molar-refractivity contribution in [1.29, 1.82) is 0 Å². The molecule has 1 saturated heterocycles. The second-order valence-corrected chi connectivity index (χ2v) is 4.03. The normalized spacial score (nSPS) is 36.1. The average molecular weight is 196 g/mol. The number of hydrogen-bond acceptors (Lipinski definition) is 3. The number of esters is 1.